The van der Waals surface area contributed by atoms with Gasteiger partial charge in [0.15, 0.2) is 0 Å². The highest BCUT2D eigenvalue weighted by atomic mass is 35.5. The van der Waals surface area contributed by atoms with Crippen molar-refractivity contribution in [3.05, 3.63) is 46.6 Å². The van der Waals surface area contributed by atoms with Crippen LogP contribution >= 0.6 is 23.2 Å². The van der Waals surface area contributed by atoms with Crippen LogP contribution in [0.25, 0.3) is 0 Å². The highest BCUT2D eigenvalue weighted by Crippen LogP contribution is 2.31. The number of rotatable bonds is 3. The Bertz CT molecular complexity index is 697. The summed E-state index contributed by atoms with van der Waals surface area (Å²) < 4.78 is 5.16. The Balaban J connectivity index is 2.02. The average Bonchev–Trinajstić information content (AvgIpc) is 2.44. The fraction of sp³-hybridized carbons (Fsp3) is 0.250. The van der Waals surface area contributed by atoms with E-state index in [4.69, 9.17) is 27.9 Å². The van der Waals surface area contributed by atoms with Gasteiger partial charge in [0.25, 0.3) is 0 Å². The van der Waals surface area contributed by atoms with Crippen molar-refractivity contribution < 1.29 is 9.53 Å². The summed E-state index contributed by atoms with van der Waals surface area (Å²) in [7, 11) is 0. The van der Waals surface area contributed by atoms with Gasteiger partial charge in [0.2, 0.25) is 0 Å². The second-order valence-corrected chi connectivity index (χ2v) is 6.57. The molecule has 0 atom stereocenters. The van der Waals surface area contributed by atoms with Crippen molar-refractivity contribution in [2.75, 3.05) is 10.6 Å². The van der Waals surface area contributed by atoms with Crippen LogP contribution in [0.5, 0.6) is 0 Å². The molecule has 122 valence electrons. The third kappa shape index (κ3) is 5.30. The van der Waals surface area contributed by atoms with Gasteiger partial charge < -0.3 is 10.1 Å². The molecule has 2 N–H and O–H groups in total. The van der Waals surface area contributed by atoms with E-state index < -0.39 is 11.7 Å². The third-order valence-corrected chi connectivity index (χ3v) is 3.44. The predicted molar refractivity (Wildman–Crippen MR) is 93.8 cm³/mol. The van der Waals surface area contributed by atoms with Gasteiger partial charge in [0.05, 0.1) is 27.6 Å². The first kappa shape index (κ1) is 17.4. The van der Waals surface area contributed by atoms with Crippen LogP contribution in [-0.2, 0) is 4.74 Å². The van der Waals surface area contributed by atoms with E-state index in [1.165, 1.54) is 0 Å². The summed E-state index contributed by atoms with van der Waals surface area (Å²) in [5.74, 6) is 0.391. The molecule has 2 rings (SSSR count). The second-order valence-electron chi connectivity index (χ2n) is 5.79. The molecule has 0 unspecified atom stereocenters. The van der Waals surface area contributed by atoms with E-state index in [0.717, 1.165) is 0 Å². The minimum Gasteiger partial charge on any atom is -0.444 e. The highest BCUT2D eigenvalue weighted by molar-refractivity contribution is 6.43. The van der Waals surface area contributed by atoms with Crippen LogP contribution in [0.4, 0.5) is 22.0 Å². The first-order chi connectivity index (χ1) is 10.7. The molecule has 23 heavy (non-hydrogen) atoms. The largest absolute Gasteiger partial charge is 0.444 e. The number of nitrogens with one attached hydrogen (secondary N) is 2. The Hall–Kier alpha value is -1.98. The number of halogens is 2. The molecule has 0 bridgehead atoms. The summed E-state index contributed by atoms with van der Waals surface area (Å²) in [6.07, 6.45) is 1.02. The number of amides is 1. The van der Waals surface area contributed by atoms with Gasteiger partial charge in [0.1, 0.15) is 11.4 Å². The zero-order valence-electron chi connectivity index (χ0n) is 13.0. The molecule has 0 saturated carbocycles. The number of ether oxygens (including phenoxy) is 1. The molecule has 0 aliphatic heterocycles. The van der Waals surface area contributed by atoms with Crippen LogP contribution in [-0.4, -0.2) is 16.7 Å². The number of aromatic nitrogens is 1. The molecule has 1 amide bonds. The molecule has 0 fully saturated rings. The number of carbonyl (C=O) groups excluding carboxylic acids is 1. The minimum absolute atomic E-state index is 0.391. The van der Waals surface area contributed by atoms with Crippen molar-refractivity contribution in [3.8, 4) is 0 Å². The number of benzene rings is 1. The van der Waals surface area contributed by atoms with Gasteiger partial charge in [-0.05, 0) is 45.0 Å². The van der Waals surface area contributed by atoms with E-state index >= 15 is 0 Å². The second kappa shape index (κ2) is 7.06. The van der Waals surface area contributed by atoms with Gasteiger partial charge in [0, 0.05) is 0 Å². The molecule has 0 aliphatic carbocycles. The van der Waals surface area contributed by atoms with E-state index in [2.05, 4.69) is 15.6 Å². The summed E-state index contributed by atoms with van der Waals surface area (Å²) in [4.78, 5) is 15.8. The van der Waals surface area contributed by atoms with Crippen LogP contribution in [0.2, 0.25) is 10.0 Å². The SMILES string of the molecule is CC(C)(C)OC(=O)Nc1ccc(Nc2cccc(Cl)c2Cl)cn1. The van der Waals surface area contributed by atoms with Crippen molar-refractivity contribution in [2.24, 2.45) is 0 Å². The molecule has 5 nitrogen and oxygen atoms in total. The van der Waals surface area contributed by atoms with Gasteiger partial charge in [-0.25, -0.2) is 9.78 Å². The zero-order valence-corrected chi connectivity index (χ0v) is 14.5. The van der Waals surface area contributed by atoms with E-state index in [1.807, 2.05) is 0 Å². The van der Waals surface area contributed by atoms with Gasteiger partial charge in [-0.15, -0.1) is 0 Å². The molecule has 0 saturated heterocycles. The lowest BCUT2D eigenvalue weighted by Gasteiger charge is -2.19. The van der Waals surface area contributed by atoms with Crippen molar-refractivity contribution in [3.63, 3.8) is 0 Å². The Labute approximate surface area is 145 Å². The van der Waals surface area contributed by atoms with Crippen LogP contribution in [0.3, 0.4) is 0 Å². The zero-order chi connectivity index (χ0) is 17.0. The fourth-order valence-electron chi connectivity index (χ4n) is 1.71. The third-order valence-electron chi connectivity index (χ3n) is 2.62. The maximum atomic E-state index is 11.7. The maximum absolute atomic E-state index is 11.7. The van der Waals surface area contributed by atoms with Gasteiger partial charge in [-0.2, -0.15) is 0 Å². The monoisotopic (exact) mass is 353 g/mol. The molecule has 1 aromatic heterocycles. The number of hydrogen-bond donors (Lipinski definition) is 2. The van der Waals surface area contributed by atoms with E-state index in [9.17, 15) is 4.79 Å². The number of carbonyl (C=O) groups is 1. The number of pyridine rings is 1. The standard InChI is InChI=1S/C16H17Cl2N3O2/c1-16(2,3)23-15(22)21-13-8-7-10(9-19-13)20-12-6-4-5-11(17)14(12)18/h4-9,20H,1-3H3,(H,19,21,22). The van der Waals surface area contributed by atoms with Crippen LogP contribution in [0, 0.1) is 0 Å². The minimum atomic E-state index is -0.561. The van der Waals surface area contributed by atoms with Crippen LogP contribution < -0.4 is 10.6 Å². The summed E-state index contributed by atoms with van der Waals surface area (Å²) in [5.41, 5.74) is 0.826. The quantitative estimate of drug-likeness (QED) is 0.766. The molecule has 1 aromatic carbocycles. The highest BCUT2D eigenvalue weighted by Gasteiger charge is 2.16. The van der Waals surface area contributed by atoms with E-state index in [0.29, 0.717) is 27.2 Å². The summed E-state index contributed by atoms with van der Waals surface area (Å²) in [6, 6.07) is 8.73. The molecule has 7 heteroatoms. The summed E-state index contributed by atoms with van der Waals surface area (Å²) in [6.45, 7) is 5.38. The normalized spacial score (nSPS) is 11.0. The number of anilines is 3. The van der Waals surface area contributed by atoms with Gasteiger partial charge >= 0.3 is 6.09 Å². The van der Waals surface area contributed by atoms with E-state index in [-0.39, 0.29) is 0 Å². The van der Waals surface area contributed by atoms with Gasteiger partial charge in [-0.1, -0.05) is 29.3 Å². The topological polar surface area (TPSA) is 63.2 Å². The molecule has 0 spiro atoms. The lowest BCUT2D eigenvalue weighted by molar-refractivity contribution is 0.0635. The molecule has 1 heterocycles. The lowest BCUT2D eigenvalue weighted by atomic mass is 10.2. The summed E-state index contributed by atoms with van der Waals surface area (Å²) >= 11 is 12.1. The van der Waals surface area contributed by atoms with Gasteiger partial charge in [-0.3, -0.25) is 5.32 Å². The Morgan fingerprint density at radius 2 is 1.91 bits per heavy atom. The maximum Gasteiger partial charge on any atom is 0.413 e. The first-order valence-corrected chi connectivity index (χ1v) is 7.67. The smallest absolute Gasteiger partial charge is 0.413 e. The van der Waals surface area contributed by atoms with Crippen LogP contribution in [0.15, 0.2) is 36.5 Å². The molecule has 0 radical (unpaired) electrons. The van der Waals surface area contributed by atoms with Crippen molar-refractivity contribution in [1.29, 1.82) is 0 Å². The Morgan fingerprint density at radius 1 is 1.17 bits per heavy atom. The van der Waals surface area contributed by atoms with E-state index in [1.54, 1.807) is 57.3 Å². The van der Waals surface area contributed by atoms with Crippen molar-refractivity contribution >= 4 is 46.5 Å². The number of nitrogens with zero attached hydrogens (tertiary/aromatic N) is 1. The lowest BCUT2D eigenvalue weighted by Crippen LogP contribution is -2.27. The molecule has 0 aliphatic rings. The Kier molecular flexibility index (Phi) is 5.34. The van der Waals surface area contributed by atoms with Crippen molar-refractivity contribution in [1.82, 2.24) is 4.98 Å². The molecule has 2 aromatic rings. The molecular formula is C16H17Cl2N3O2. The van der Waals surface area contributed by atoms with Crippen molar-refractivity contribution in [2.45, 2.75) is 26.4 Å². The Morgan fingerprint density at radius 3 is 2.52 bits per heavy atom. The molecular weight excluding hydrogens is 337 g/mol. The average molecular weight is 354 g/mol. The fourth-order valence-corrected chi connectivity index (χ4v) is 2.05. The summed E-state index contributed by atoms with van der Waals surface area (Å²) in [5, 5.41) is 6.57. The first-order valence-electron chi connectivity index (χ1n) is 6.92. The predicted octanol–water partition coefficient (Wildman–Crippen LogP) is 5.48. The van der Waals surface area contributed by atoms with Crippen LogP contribution in [0.1, 0.15) is 20.8 Å². The number of hydrogen-bond acceptors (Lipinski definition) is 4.